The van der Waals surface area contributed by atoms with E-state index in [0.29, 0.717) is 12.2 Å². The van der Waals surface area contributed by atoms with Gasteiger partial charge in [-0.1, -0.05) is 6.92 Å². The zero-order valence-electron chi connectivity index (χ0n) is 9.83. The van der Waals surface area contributed by atoms with E-state index in [1.807, 2.05) is 14.0 Å². The van der Waals surface area contributed by atoms with Crippen molar-refractivity contribution in [3.8, 4) is 0 Å². The topological polar surface area (TPSA) is 76.1 Å². The first-order valence-electron chi connectivity index (χ1n) is 5.12. The van der Waals surface area contributed by atoms with E-state index in [2.05, 4.69) is 10.4 Å². The smallest absolute Gasteiger partial charge is 0.147 e. The molecule has 0 aliphatic rings. The fourth-order valence-electron chi connectivity index (χ4n) is 1.37. The standard InChI is InChI=1S/C10H20N4O/c1-5-7-8(11)9(14(4)13-7)12-6-10(2,3)15/h12,15H,5-6,11H2,1-4H3. The first-order valence-corrected chi connectivity index (χ1v) is 5.12. The Morgan fingerprint density at radius 2 is 2.13 bits per heavy atom. The van der Waals surface area contributed by atoms with Crippen molar-refractivity contribution in [2.75, 3.05) is 17.6 Å². The Balaban J connectivity index is 2.81. The molecule has 0 saturated carbocycles. The van der Waals surface area contributed by atoms with Crippen molar-refractivity contribution in [3.63, 3.8) is 0 Å². The van der Waals surface area contributed by atoms with E-state index in [9.17, 15) is 5.11 Å². The van der Waals surface area contributed by atoms with Gasteiger partial charge in [0, 0.05) is 13.6 Å². The Morgan fingerprint density at radius 1 is 1.53 bits per heavy atom. The van der Waals surface area contributed by atoms with Gasteiger partial charge >= 0.3 is 0 Å². The van der Waals surface area contributed by atoms with Gasteiger partial charge in [0.25, 0.3) is 0 Å². The third-order valence-electron chi connectivity index (χ3n) is 2.18. The second-order valence-corrected chi connectivity index (χ2v) is 4.35. The number of nitrogens with one attached hydrogen (secondary N) is 1. The number of rotatable bonds is 4. The van der Waals surface area contributed by atoms with Crippen LogP contribution in [-0.4, -0.2) is 27.0 Å². The molecule has 0 amide bonds. The van der Waals surface area contributed by atoms with Crippen LogP contribution in [0.4, 0.5) is 11.5 Å². The average molecular weight is 212 g/mol. The highest BCUT2D eigenvalue weighted by Crippen LogP contribution is 2.22. The Kier molecular flexibility index (Phi) is 3.24. The molecule has 0 saturated heterocycles. The van der Waals surface area contributed by atoms with Crippen molar-refractivity contribution in [2.24, 2.45) is 7.05 Å². The number of anilines is 2. The number of nitrogen functional groups attached to an aromatic ring is 1. The molecular weight excluding hydrogens is 192 g/mol. The normalized spacial score (nSPS) is 11.8. The lowest BCUT2D eigenvalue weighted by Gasteiger charge is -2.18. The van der Waals surface area contributed by atoms with E-state index in [4.69, 9.17) is 5.73 Å². The molecule has 0 aliphatic heterocycles. The molecule has 15 heavy (non-hydrogen) atoms. The third kappa shape index (κ3) is 2.86. The molecule has 0 unspecified atom stereocenters. The van der Waals surface area contributed by atoms with Crippen LogP contribution in [0.25, 0.3) is 0 Å². The predicted molar refractivity (Wildman–Crippen MR) is 61.8 cm³/mol. The molecule has 1 heterocycles. The maximum absolute atomic E-state index is 9.59. The third-order valence-corrected chi connectivity index (χ3v) is 2.18. The van der Waals surface area contributed by atoms with E-state index in [-0.39, 0.29) is 0 Å². The van der Waals surface area contributed by atoms with Crippen LogP contribution in [0.5, 0.6) is 0 Å². The molecule has 0 aliphatic carbocycles. The van der Waals surface area contributed by atoms with Crippen molar-refractivity contribution in [1.29, 1.82) is 0 Å². The number of hydrogen-bond donors (Lipinski definition) is 3. The molecule has 1 rings (SSSR count). The quantitative estimate of drug-likeness (QED) is 0.688. The van der Waals surface area contributed by atoms with Gasteiger partial charge in [-0.2, -0.15) is 5.10 Å². The number of aryl methyl sites for hydroxylation is 2. The summed E-state index contributed by atoms with van der Waals surface area (Å²) < 4.78 is 1.71. The lowest BCUT2D eigenvalue weighted by Crippen LogP contribution is -2.30. The predicted octanol–water partition coefficient (Wildman–Crippen LogP) is 0.748. The molecule has 0 aromatic carbocycles. The van der Waals surface area contributed by atoms with Gasteiger partial charge in [0.2, 0.25) is 0 Å². The molecule has 0 atom stereocenters. The second-order valence-electron chi connectivity index (χ2n) is 4.35. The summed E-state index contributed by atoms with van der Waals surface area (Å²) in [6.45, 7) is 5.94. The van der Waals surface area contributed by atoms with Crippen molar-refractivity contribution in [3.05, 3.63) is 5.69 Å². The summed E-state index contributed by atoms with van der Waals surface area (Å²) in [6, 6.07) is 0. The molecule has 0 spiro atoms. The number of hydrogen-bond acceptors (Lipinski definition) is 4. The van der Waals surface area contributed by atoms with Gasteiger partial charge in [0.05, 0.1) is 17.0 Å². The molecule has 1 aromatic heterocycles. The van der Waals surface area contributed by atoms with Gasteiger partial charge in [-0.25, -0.2) is 0 Å². The average Bonchev–Trinajstić information content (AvgIpc) is 2.37. The lowest BCUT2D eigenvalue weighted by molar-refractivity contribution is 0.0944. The van der Waals surface area contributed by atoms with Gasteiger partial charge in [0.15, 0.2) is 0 Å². The summed E-state index contributed by atoms with van der Waals surface area (Å²) >= 11 is 0. The maximum Gasteiger partial charge on any atom is 0.147 e. The number of aromatic nitrogens is 2. The van der Waals surface area contributed by atoms with Crippen molar-refractivity contribution >= 4 is 11.5 Å². The molecule has 0 fully saturated rings. The Bertz CT molecular complexity index is 338. The number of aliphatic hydroxyl groups is 1. The zero-order valence-corrected chi connectivity index (χ0v) is 9.83. The zero-order chi connectivity index (χ0) is 11.6. The van der Waals surface area contributed by atoms with Crippen molar-refractivity contribution < 1.29 is 5.11 Å². The molecule has 5 heteroatoms. The van der Waals surface area contributed by atoms with E-state index in [1.54, 1.807) is 18.5 Å². The minimum Gasteiger partial charge on any atom is -0.394 e. The fraction of sp³-hybridized carbons (Fsp3) is 0.700. The first-order chi connectivity index (χ1) is 6.85. The van der Waals surface area contributed by atoms with Gasteiger partial charge in [0.1, 0.15) is 5.82 Å². The van der Waals surface area contributed by atoms with Crippen LogP contribution in [0.2, 0.25) is 0 Å². The summed E-state index contributed by atoms with van der Waals surface area (Å²) in [5, 5.41) is 17.0. The molecular formula is C10H20N4O. The molecule has 1 aromatic rings. The fourth-order valence-corrected chi connectivity index (χ4v) is 1.37. The summed E-state index contributed by atoms with van der Waals surface area (Å²) in [5.41, 5.74) is 6.71. The summed E-state index contributed by atoms with van der Waals surface area (Å²) in [5.74, 6) is 0.772. The van der Waals surface area contributed by atoms with Crippen molar-refractivity contribution in [1.82, 2.24) is 9.78 Å². The van der Waals surface area contributed by atoms with E-state index in [1.165, 1.54) is 0 Å². The minimum atomic E-state index is -0.761. The largest absolute Gasteiger partial charge is 0.394 e. The SMILES string of the molecule is CCc1nn(C)c(NCC(C)(C)O)c1N. The Hall–Kier alpha value is -1.23. The van der Waals surface area contributed by atoms with Gasteiger partial charge in [-0.15, -0.1) is 0 Å². The maximum atomic E-state index is 9.59. The minimum absolute atomic E-state index is 0.444. The number of nitrogens with zero attached hydrogens (tertiary/aromatic N) is 2. The van der Waals surface area contributed by atoms with Crippen LogP contribution in [0.1, 0.15) is 26.5 Å². The van der Waals surface area contributed by atoms with Gasteiger partial charge in [-0.05, 0) is 20.3 Å². The highest BCUT2D eigenvalue weighted by Gasteiger charge is 2.16. The van der Waals surface area contributed by atoms with Crippen LogP contribution in [0.15, 0.2) is 0 Å². The highest BCUT2D eigenvalue weighted by atomic mass is 16.3. The molecule has 86 valence electrons. The van der Waals surface area contributed by atoms with E-state index < -0.39 is 5.60 Å². The van der Waals surface area contributed by atoms with Gasteiger partial charge < -0.3 is 16.2 Å². The highest BCUT2D eigenvalue weighted by molar-refractivity contribution is 5.65. The van der Waals surface area contributed by atoms with Crippen LogP contribution >= 0.6 is 0 Å². The summed E-state index contributed by atoms with van der Waals surface area (Å²) in [4.78, 5) is 0. The summed E-state index contributed by atoms with van der Waals surface area (Å²) in [7, 11) is 1.84. The van der Waals surface area contributed by atoms with E-state index >= 15 is 0 Å². The van der Waals surface area contributed by atoms with Crippen LogP contribution in [-0.2, 0) is 13.5 Å². The molecule has 0 radical (unpaired) electrons. The second kappa shape index (κ2) is 4.10. The van der Waals surface area contributed by atoms with Crippen LogP contribution in [0.3, 0.4) is 0 Å². The summed E-state index contributed by atoms with van der Waals surface area (Å²) in [6.07, 6.45) is 0.809. The first kappa shape index (κ1) is 11.8. The monoisotopic (exact) mass is 212 g/mol. The van der Waals surface area contributed by atoms with Crippen LogP contribution in [0, 0.1) is 0 Å². The Morgan fingerprint density at radius 3 is 2.53 bits per heavy atom. The molecule has 4 N–H and O–H groups in total. The van der Waals surface area contributed by atoms with E-state index in [0.717, 1.165) is 17.9 Å². The number of nitrogens with two attached hydrogens (primary N) is 1. The molecule has 5 nitrogen and oxygen atoms in total. The lowest BCUT2D eigenvalue weighted by atomic mass is 10.1. The van der Waals surface area contributed by atoms with Crippen LogP contribution < -0.4 is 11.1 Å². The van der Waals surface area contributed by atoms with Gasteiger partial charge in [-0.3, -0.25) is 4.68 Å². The molecule has 0 bridgehead atoms. The van der Waals surface area contributed by atoms with Crippen molar-refractivity contribution in [2.45, 2.75) is 32.8 Å². The Labute approximate surface area is 90.3 Å².